The van der Waals surface area contributed by atoms with E-state index >= 15 is 0 Å². The van der Waals surface area contributed by atoms with Gasteiger partial charge in [-0.3, -0.25) is 0 Å². The minimum atomic E-state index is -2.34. The fourth-order valence-corrected chi connectivity index (χ4v) is 1.68. The molecule has 0 aromatic heterocycles. The van der Waals surface area contributed by atoms with Crippen LogP contribution in [0.3, 0.4) is 0 Å². The molecule has 0 radical (unpaired) electrons. The molecule has 0 aromatic carbocycles. The summed E-state index contributed by atoms with van der Waals surface area (Å²) in [6, 6.07) is -0.122. The zero-order valence-electron chi connectivity index (χ0n) is 10.5. The molecule has 3 N–H and O–H groups in total. The van der Waals surface area contributed by atoms with Crippen molar-refractivity contribution in [3.63, 3.8) is 0 Å². The van der Waals surface area contributed by atoms with E-state index < -0.39 is 10.5 Å². The summed E-state index contributed by atoms with van der Waals surface area (Å²) in [4.78, 5) is 0. The molecule has 0 heterocycles. The van der Waals surface area contributed by atoms with E-state index in [0.717, 1.165) is 0 Å². The molecule has 0 amide bonds. The highest BCUT2D eigenvalue weighted by Crippen LogP contribution is 2.05. The largest absolute Gasteiger partial charge is 0.326 e. The van der Waals surface area contributed by atoms with Gasteiger partial charge in [0, 0.05) is 19.1 Å². The van der Waals surface area contributed by atoms with Crippen molar-refractivity contribution in [3.8, 4) is 0 Å². The first kappa shape index (κ1) is 15.5. The minimum absolute atomic E-state index is 0.0885. The average molecular weight is 249 g/mol. The van der Waals surface area contributed by atoms with Crippen LogP contribution in [-0.4, -0.2) is 33.6 Å². The van der Waals surface area contributed by atoms with E-state index in [-0.39, 0.29) is 18.0 Å². The van der Waals surface area contributed by atoms with Crippen LogP contribution in [0.2, 0.25) is 0 Å². The highest BCUT2D eigenvalue weighted by atomic mass is 32.2. The molecule has 0 aliphatic heterocycles. The van der Waals surface area contributed by atoms with Crippen molar-refractivity contribution < 1.29 is 8.42 Å². The third-order valence-electron chi connectivity index (χ3n) is 2.58. The number of hydrogen-bond acceptors (Lipinski definition) is 5. The Hall–Kier alpha value is -0.460. The molecule has 2 unspecified atom stereocenters. The van der Waals surface area contributed by atoms with Gasteiger partial charge in [0.05, 0.1) is 6.04 Å². The van der Waals surface area contributed by atoms with Crippen LogP contribution < -0.4 is 11.1 Å². The first-order chi connectivity index (χ1) is 7.34. The van der Waals surface area contributed by atoms with Gasteiger partial charge in [0.1, 0.15) is 0 Å². The van der Waals surface area contributed by atoms with Gasteiger partial charge in [-0.15, -0.1) is 0 Å². The molecule has 0 bridgehead atoms. The van der Waals surface area contributed by atoms with Crippen molar-refractivity contribution in [2.24, 2.45) is 21.9 Å². The van der Waals surface area contributed by atoms with Crippen LogP contribution in [0.15, 0.2) is 4.36 Å². The van der Waals surface area contributed by atoms with Crippen LogP contribution >= 0.6 is 0 Å². The number of rotatable bonds is 7. The van der Waals surface area contributed by atoms with Crippen LogP contribution in [0, 0.1) is 11.8 Å². The van der Waals surface area contributed by atoms with Crippen molar-refractivity contribution in [1.29, 1.82) is 0 Å². The molecule has 0 fully saturated rings. The van der Waals surface area contributed by atoms with E-state index in [1.54, 1.807) is 0 Å². The van der Waals surface area contributed by atoms with Gasteiger partial charge in [0.25, 0.3) is 0 Å². The molecule has 0 rings (SSSR count). The summed E-state index contributed by atoms with van der Waals surface area (Å²) in [5.74, 6) is 0.608. The van der Waals surface area contributed by atoms with E-state index in [4.69, 9.17) is 5.73 Å². The first-order valence-corrected chi connectivity index (χ1v) is 6.64. The highest BCUT2D eigenvalue weighted by Gasteiger charge is 2.13. The second-order valence-electron chi connectivity index (χ2n) is 4.70. The van der Waals surface area contributed by atoms with E-state index in [0.29, 0.717) is 19.0 Å². The molecular formula is C10H23N3O2S. The maximum absolute atomic E-state index is 10.5. The van der Waals surface area contributed by atoms with Crippen LogP contribution in [-0.2, 0) is 10.5 Å². The summed E-state index contributed by atoms with van der Waals surface area (Å²) in [5, 5.41) is 3.16. The molecule has 0 aliphatic rings. The quantitative estimate of drug-likeness (QED) is 0.693. The Morgan fingerprint density at radius 3 is 2.06 bits per heavy atom. The van der Waals surface area contributed by atoms with Gasteiger partial charge in [0.2, 0.25) is 0 Å². The zero-order valence-corrected chi connectivity index (χ0v) is 11.3. The Morgan fingerprint density at radius 1 is 1.12 bits per heavy atom. The van der Waals surface area contributed by atoms with Crippen molar-refractivity contribution in [2.45, 2.75) is 39.8 Å². The third kappa shape index (κ3) is 6.92. The van der Waals surface area contributed by atoms with E-state index in [9.17, 15) is 8.42 Å². The monoisotopic (exact) mass is 249 g/mol. The fraction of sp³-hybridized carbons (Fsp3) is 1.00. The molecular weight excluding hydrogens is 226 g/mol. The maximum atomic E-state index is 10.5. The van der Waals surface area contributed by atoms with E-state index in [1.807, 2.05) is 13.8 Å². The van der Waals surface area contributed by atoms with Crippen molar-refractivity contribution in [1.82, 2.24) is 5.32 Å². The fourth-order valence-electron chi connectivity index (χ4n) is 1.14. The second kappa shape index (κ2) is 7.76. The summed E-state index contributed by atoms with van der Waals surface area (Å²) in [5.41, 5.74) is 5.87. The molecule has 0 saturated heterocycles. The lowest BCUT2D eigenvalue weighted by molar-refractivity contribution is 0.417. The molecule has 96 valence electrons. The van der Waals surface area contributed by atoms with Gasteiger partial charge < -0.3 is 11.1 Å². The summed E-state index contributed by atoms with van der Waals surface area (Å²) in [7, 11) is -2.34. The Kier molecular flexibility index (Phi) is 7.53. The number of nitrogens with two attached hydrogens (primary N) is 1. The molecule has 16 heavy (non-hydrogen) atoms. The summed E-state index contributed by atoms with van der Waals surface area (Å²) in [6.07, 6.45) is 0. The van der Waals surface area contributed by atoms with E-state index in [2.05, 4.69) is 23.5 Å². The topological polar surface area (TPSA) is 84.5 Å². The molecule has 5 nitrogen and oxygen atoms in total. The molecule has 0 saturated carbocycles. The lowest BCUT2D eigenvalue weighted by atomic mass is 10.0. The number of nitrogens with zero attached hydrogens (tertiary/aromatic N) is 1. The van der Waals surface area contributed by atoms with Crippen LogP contribution in [0.4, 0.5) is 0 Å². The lowest BCUT2D eigenvalue weighted by Gasteiger charge is -2.19. The van der Waals surface area contributed by atoms with Crippen LogP contribution in [0.25, 0.3) is 0 Å². The van der Waals surface area contributed by atoms with Gasteiger partial charge in [-0.2, -0.15) is 12.8 Å². The second-order valence-corrected chi connectivity index (χ2v) is 5.35. The Morgan fingerprint density at radius 2 is 1.69 bits per heavy atom. The average Bonchev–Trinajstić information content (AvgIpc) is 2.14. The highest BCUT2D eigenvalue weighted by molar-refractivity contribution is 7.61. The van der Waals surface area contributed by atoms with Crippen LogP contribution in [0.1, 0.15) is 27.7 Å². The Labute approximate surface area is 99.5 Å². The molecule has 0 aliphatic carbocycles. The molecule has 0 spiro atoms. The van der Waals surface area contributed by atoms with Crippen LogP contribution in [0.5, 0.6) is 0 Å². The summed E-state index contributed by atoms with van der Waals surface area (Å²) >= 11 is 0. The van der Waals surface area contributed by atoms with Gasteiger partial charge in [-0.1, -0.05) is 27.7 Å². The maximum Gasteiger partial charge on any atom is 0.311 e. The smallest absolute Gasteiger partial charge is 0.311 e. The van der Waals surface area contributed by atoms with Crippen molar-refractivity contribution in [2.75, 3.05) is 13.1 Å². The predicted molar refractivity (Wildman–Crippen MR) is 65.7 cm³/mol. The van der Waals surface area contributed by atoms with Crippen molar-refractivity contribution in [3.05, 3.63) is 0 Å². The molecule has 0 aromatic rings. The molecule has 2 atom stereocenters. The van der Waals surface area contributed by atoms with Gasteiger partial charge in [0.15, 0.2) is 0 Å². The Bertz CT molecular complexity index is 304. The van der Waals surface area contributed by atoms with Gasteiger partial charge in [-0.25, -0.2) is 0 Å². The van der Waals surface area contributed by atoms with E-state index in [1.165, 1.54) is 0 Å². The number of nitrogens with one attached hydrogen (secondary N) is 1. The molecule has 6 heteroatoms. The first-order valence-electron chi connectivity index (χ1n) is 5.61. The normalized spacial score (nSPS) is 15.2. The summed E-state index contributed by atoms with van der Waals surface area (Å²) < 4.78 is 24.6. The van der Waals surface area contributed by atoms with Gasteiger partial charge >= 0.3 is 10.5 Å². The SMILES string of the molecule is CC(C)C(N)CNCC(N=S(=O)=O)C(C)C. The predicted octanol–water partition coefficient (Wildman–Crippen LogP) is 0.647. The zero-order chi connectivity index (χ0) is 12.7. The van der Waals surface area contributed by atoms with Crippen molar-refractivity contribution >= 4 is 10.5 Å². The lowest BCUT2D eigenvalue weighted by Crippen LogP contribution is -2.41. The standard InChI is InChI=1S/C10H23N3O2S/c1-7(2)9(11)5-12-6-10(8(3)4)13-16(14)15/h7-10,12H,5-6,11H2,1-4H3. The van der Waals surface area contributed by atoms with Gasteiger partial charge in [-0.05, 0) is 11.8 Å². The third-order valence-corrected chi connectivity index (χ3v) is 3.02. The Balaban J connectivity index is 4.10. The summed E-state index contributed by atoms with van der Waals surface area (Å²) in [6.45, 7) is 9.25. The number of hydrogen-bond donors (Lipinski definition) is 2. The minimum Gasteiger partial charge on any atom is -0.326 e.